The molecular formula is C11H16N2O4S. The maximum atomic E-state index is 11.6. The molecule has 18 heavy (non-hydrogen) atoms. The second-order valence-corrected chi connectivity index (χ2v) is 5.97. The number of hydrogen-bond donors (Lipinski definition) is 1. The number of rotatable bonds is 4. The van der Waals surface area contributed by atoms with E-state index in [0.717, 1.165) is 9.87 Å². The average Bonchev–Trinajstić information content (AvgIpc) is 2.83. The van der Waals surface area contributed by atoms with E-state index in [2.05, 4.69) is 4.72 Å². The molecule has 0 atom stereocenters. The van der Waals surface area contributed by atoms with Gasteiger partial charge in [-0.3, -0.25) is 4.72 Å². The van der Waals surface area contributed by atoms with Gasteiger partial charge < -0.3 is 9.47 Å². The monoisotopic (exact) mass is 272 g/mol. The summed E-state index contributed by atoms with van der Waals surface area (Å²) >= 11 is 0. The van der Waals surface area contributed by atoms with E-state index in [0.29, 0.717) is 18.9 Å². The lowest BCUT2D eigenvalue weighted by atomic mass is 10.2. The van der Waals surface area contributed by atoms with Crippen molar-refractivity contribution in [3.8, 4) is 0 Å². The van der Waals surface area contributed by atoms with Gasteiger partial charge in [-0.2, -0.15) is 12.7 Å². The van der Waals surface area contributed by atoms with Crippen LogP contribution in [0.5, 0.6) is 0 Å². The van der Waals surface area contributed by atoms with E-state index >= 15 is 0 Å². The van der Waals surface area contributed by atoms with E-state index in [-0.39, 0.29) is 6.29 Å². The van der Waals surface area contributed by atoms with Gasteiger partial charge in [0.15, 0.2) is 6.29 Å². The summed E-state index contributed by atoms with van der Waals surface area (Å²) in [4.78, 5) is 0. The van der Waals surface area contributed by atoms with E-state index in [4.69, 9.17) is 9.47 Å². The highest BCUT2D eigenvalue weighted by molar-refractivity contribution is 7.90. The highest BCUT2D eigenvalue weighted by Crippen LogP contribution is 2.24. The summed E-state index contributed by atoms with van der Waals surface area (Å²) in [6.45, 7) is 1.17. The van der Waals surface area contributed by atoms with Crippen LogP contribution in [0.4, 0.5) is 5.69 Å². The highest BCUT2D eigenvalue weighted by atomic mass is 32.2. The maximum Gasteiger partial charge on any atom is 0.301 e. The molecule has 1 N–H and O–H groups in total. The molecule has 1 saturated heterocycles. The summed E-state index contributed by atoms with van der Waals surface area (Å²) in [7, 11) is -0.524. The van der Waals surface area contributed by atoms with Crippen LogP contribution in [0.1, 0.15) is 11.9 Å². The Labute approximate surface area is 107 Å². The molecule has 0 amide bonds. The molecule has 0 radical (unpaired) electrons. The van der Waals surface area contributed by atoms with Gasteiger partial charge in [-0.1, -0.05) is 12.1 Å². The molecule has 0 bridgehead atoms. The quantitative estimate of drug-likeness (QED) is 0.886. The maximum absolute atomic E-state index is 11.6. The van der Waals surface area contributed by atoms with Gasteiger partial charge in [0.25, 0.3) is 0 Å². The molecule has 1 aromatic rings. The number of nitrogens with zero attached hydrogens (tertiary/aromatic N) is 1. The second kappa shape index (κ2) is 5.23. The number of ether oxygens (including phenoxy) is 2. The van der Waals surface area contributed by atoms with Gasteiger partial charge in [-0.15, -0.1) is 0 Å². The molecule has 2 rings (SSSR count). The van der Waals surface area contributed by atoms with Crippen molar-refractivity contribution in [1.29, 1.82) is 0 Å². The molecule has 0 saturated carbocycles. The lowest BCUT2D eigenvalue weighted by molar-refractivity contribution is -0.0441. The van der Waals surface area contributed by atoms with E-state index in [1.54, 1.807) is 24.3 Å². The lowest BCUT2D eigenvalue weighted by Crippen LogP contribution is -2.28. The topological polar surface area (TPSA) is 67.9 Å². The van der Waals surface area contributed by atoms with Crippen LogP contribution in [0.3, 0.4) is 0 Å². The van der Waals surface area contributed by atoms with Crippen molar-refractivity contribution in [2.45, 2.75) is 6.29 Å². The Morgan fingerprint density at radius 1 is 1.17 bits per heavy atom. The fourth-order valence-corrected chi connectivity index (χ4v) is 2.12. The Hall–Kier alpha value is -1.15. The van der Waals surface area contributed by atoms with Gasteiger partial charge in [0, 0.05) is 25.3 Å². The summed E-state index contributed by atoms with van der Waals surface area (Å²) in [5.41, 5.74) is 1.38. The van der Waals surface area contributed by atoms with Gasteiger partial charge in [-0.05, 0) is 12.1 Å². The van der Waals surface area contributed by atoms with Crippen molar-refractivity contribution in [2.75, 3.05) is 32.0 Å². The number of benzene rings is 1. The molecule has 0 unspecified atom stereocenters. The van der Waals surface area contributed by atoms with Gasteiger partial charge in [0.05, 0.1) is 13.2 Å². The third-order valence-corrected chi connectivity index (χ3v) is 3.99. The molecule has 0 aliphatic carbocycles. The molecular weight excluding hydrogens is 256 g/mol. The van der Waals surface area contributed by atoms with Crippen LogP contribution in [0.15, 0.2) is 24.3 Å². The zero-order chi connectivity index (χ0) is 13.2. The van der Waals surface area contributed by atoms with Crippen LogP contribution in [0.25, 0.3) is 0 Å². The van der Waals surface area contributed by atoms with E-state index < -0.39 is 10.2 Å². The Kier molecular flexibility index (Phi) is 3.86. The first-order valence-corrected chi connectivity index (χ1v) is 6.96. The van der Waals surface area contributed by atoms with E-state index in [1.165, 1.54) is 14.1 Å². The fraction of sp³-hybridized carbons (Fsp3) is 0.455. The van der Waals surface area contributed by atoms with Crippen LogP contribution >= 0.6 is 0 Å². The largest absolute Gasteiger partial charge is 0.346 e. The molecule has 1 heterocycles. The van der Waals surface area contributed by atoms with E-state index in [9.17, 15) is 8.42 Å². The molecule has 1 aliphatic rings. The van der Waals surface area contributed by atoms with Crippen molar-refractivity contribution in [3.63, 3.8) is 0 Å². The van der Waals surface area contributed by atoms with Crippen molar-refractivity contribution < 1.29 is 17.9 Å². The average molecular weight is 272 g/mol. The van der Waals surface area contributed by atoms with Crippen LogP contribution in [0.2, 0.25) is 0 Å². The first-order valence-electron chi connectivity index (χ1n) is 5.52. The van der Waals surface area contributed by atoms with Gasteiger partial charge in [0.2, 0.25) is 0 Å². The zero-order valence-electron chi connectivity index (χ0n) is 10.3. The van der Waals surface area contributed by atoms with E-state index in [1.807, 2.05) is 0 Å². The second-order valence-electron chi connectivity index (χ2n) is 4.09. The van der Waals surface area contributed by atoms with Crippen LogP contribution in [-0.4, -0.2) is 40.0 Å². The number of nitrogens with one attached hydrogen (secondary N) is 1. The Morgan fingerprint density at radius 3 is 2.22 bits per heavy atom. The summed E-state index contributed by atoms with van der Waals surface area (Å²) in [5, 5.41) is 0. The van der Waals surface area contributed by atoms with Crippen molar-refractivity contribution in [1.82, 2.24) is 4.31 Å². The minimum Gasteiger partial charge on any atom is -0.346 e. The molecule has 7 heteroatoms. The molecule has 6 nitrogen and oxygen atoms in total. The summed E-state index contributed by atoms with van der Waals surface area (Å²) in [6.07, 6.45) is -0.343. The third kappa shape index (κ3) is 2.99. The molecule has 0 aromatic heterocycles. The Balaban J connectivity index is 2.08. The predicted octanol–water partition coefficient (Wildman–Crippen LogP) is 0.950. The molecule has 1 aliphatic heterocycles. The minimum absolute atomic E-state index is 0.343. The SMILES string of the molecule is CN(C)S(=O)(=O)Nc1ccc(C2OCCO2)cc1. The highest BCUT2D eigenvalue weighted by Gasteiger charge is 2.18. The normalized spacial score (nSPS) is 17.3. The first kappa shape index (κ1) is 13.3. The summed E-state index contributed by atoms with van der Waals surface area (Å²) in [5.74, 6) is 0. The van der Waals surface area contributed by atoms with Gasteiger partial charge in [0.1, 0.15) is 0 Å². The zero-order valence-corrected chi connectivity index (χ0v) is 11.1. The third-order valence-electron chi connectivity index (χ3n) is 2.53. The van der Waals surface area contributed by atoms with Gasteiger partial charge >= 0.3 is 10.2 Å². The Bertz CT molecular complexity index is 492. The molecule has 100 valence electrons. The fourth-order valence-electron chi connectivity index (χ4n) is 1.50. The molecule has 0 spiro atoms. The van der Waals surface area contributed by atoms with Crippen LogP contribution in [-0.2, 0) is 19.7 Å². The predicted molar refractivity (Wildman–Crippen MR) is 67.3 cm³/mol. The molecule has 1 fully saturated rings. The minimum atomic E-state index is -3.46. The lowest BCUT2D eigenvalue weighted by Gasteiger charge is -2.14. The van der Waals surface area contributed by atoms with Crippen molar-refractivity contribution in [2.24, 2.45) is 0 Å². The number of anilines is 1. The number of hydrogen-bond acceptors (Lipinski definition) is 4. The summed E-state index contributed by atoms with van der Waals surface area (Å²) < 4.78 is 37.5. The first-order chi connectivity index (χ1) is 8.49. The summed E-state index contributed by atoms with van der Waals surface area (Å²) in [6, 6.07) is 6.93. The standard InChI is InChI=1S/C11H16N2O4S/c1-13(2)18(14,15)12-10-5-3-9(4-6-10)11-16-7-8-17-11/h3-6,11-12H,7-8H2,1-2H3. The van der Waals surface area contributed by atoms with Crippen LogP contribution < -0.4 is 4.72 Å². The van der Waals surface area contributed by atoms with Crippen molar-refractivity contribution >= 4 is 15.9 Å². The van der Waals surface area contributed by atoms with Crippen LogP contribution in [0, 0.1) is 0 Å². The van der Waals surface area contributed by atoms with Crippen molar-refractivity contribution in [3.05, 3.63) is 29.8 Å². The molecule has 1 aromatic carbocycles. The smallest absolute Gasteiger partial charge is 0.301 e. The van der Waals surface area contributed by atoms with Gasteiger partial charge in [-0.25, -0.2) is 0 Å². The Morgan fingerprint density at radius 2 is 1.72 bits per heavy atom.